The van der Waals surface area contributed by atoms with Gasteiger partial charge in [0.05, 0.1) is 16.6 Å². The molecular formula is C17H12FN3. The Balaban J connectivity index is 2.10. The Morgan fingerprint density at radius 3 is 2.86 bits per heavy atom. The highest BCUT2D eigenvalue weighted by Crippen LogP contribution is 2.21. The van der Waals surface area contributed by atoms with Crippen LogP contribution in [0.15, 0.2) is 42.5 Å². The van der Waals surface area contributed by atoms with Gasteiger partial charge in [-0.1, -0.05) is 24.3 Å². The molecule has 21 heavy (non-hydrogen) atoms. The Labute approximate surface area is 121 Å². The first-order valence-electron chi connectivity index (χ1n) is 6.50. The van der Waals surface area contributed by atoms with Gasteiger partial charge in [-0.2, -0.15) is 5.26 Å². The lowest BCUT2D eigenvalue weighted by atomic mass is 10.1. The van der Waals surface area contributed by atoms with E-state index in [9.17, 15) is 9.65 Å². The van der Waals surface area contributed by atoms with E-state index in [0.717, 1.165) is 11.1 Å². The van der Waals surface area contributed by atoms with Gasteiger partial charge >= 0.3 is 0 Å². The van der Waals surface area contributed by atoms with Crippen molar-refractivity contribution in [3.63, 3.8) is 0 Å². The van der Waals surface area contributed by atoms with Crippen molar-refractivity contribution in [1.82, 2.24) is 9.97 Å². The molecule has 2 aromatic carbocycles. The molecule has 0 fully saturated rings. The molecule has 0 bridgehead atoms. The van der Waals surface area contributed by atoms with Crippen LogP contribution in [-0.4, -0.2) is 9.97 Å². The third kappa shape index (κ3) is 2.54. The Morgan fingerprint density at radius 2 is 2.10 bits per heavy atom. The molecule has 3 rings (SSSR count). The Bertz CT molecular complexity index is 884. The van der Waals surface area contributed by atoms with Gasteiger partial charge in [-0.15, -0.1) is 0 Å². The minimum atomic E-state index is -0.334. The third-order valence-corrected chi connectivity index (χ3v) is 3.31. The maximum atomic E-state index is 13.2. The number of hydrogen-bond acceptors (Lipinski definition) is 2. The van der Waals surface area contributed by atoms with Crippen LogP contribution in [0.2, 0.25) is 0 Å². The predicted molar refractivity (Wildman–Crippen MR) is 80.7 cm³/mol. The molecule has 102 valence electrons. The van der Waals surface area contributed by atoms with Gasteiger partial charge in [0.25, 0.3) is 0 Å². The average Bonchev–Trinajstić information content (AvgIpc) is 2.89. The number of H-pyrrole nitrogens is 1. The van der Waals surface area contributed by atoms with Gasteiger partial charge in [0.1, 0.15) is 17.7 Å². The lowest BCUT2D eigenvalue weighted by molar-refractivity contribution is 0.629. The van der Waals surface area contributed by atoms with Crippen molar-refractivity contribution in [2.45, 2.75) is 6.92 Å². The third-order valence-electron chi connectivity index (χ3n) is 3.31. The van der Waals surface area contributed by atoms with E-state index < -0.39 is 0 Å². The summed E-state index contributed by atoms with van der Waals surface area (Å²) in [5, 5.41) is 9.36. The van der Waals surface area contributed by atoms with Crippen molar-refractivity contribution in [1.29, 1.82) is 5.26 Å². The molecule has 0 spiro atoms. The van der Waals surface area contributed by atoms with Gasteiger partial charge in [-0.05, 0) is 42.3 Å². The second-order valence-corrected chi connectivity index (χ2v) is 4.77. The van der Waals surface area contributed by atoms with Crippen LogP contribution in [-0.2, 0) is 0 Å². The van der Waals surface area contributed by atoms with Crippen LogP contribution in [0.25, 0.3) is 22.7 Å². The second kappa shape index (κ2) is 5.22. The SMILES string of the molecule is Cc1ccccc1/C=C(/C#N)c1nc2ccc(F)cc2[nH]1. The highest BCUT2D eigenvalue weighted by molar-refractivity contribution is 5.90. The van der Waals surface area contributed by atoms with Gasteiger partial charge in [0, 0.05) is 0 Å². The van der Waals surface area contributed by atoms with Gasteiger partial charge in [-0.3, -0.25) is 0 Å². The van der Waals surface area contributed by atoms with Crippen LogP contribution in [0.5, 0.6) is 0 Å². The Hall–Kier alpha value is -2.93. The van der Waals surface area contributed by atoms with Crippen molar-refractivity contribution >= 4 is 22.7 Å². The van der Waals surface area contributed by atoms with E-state index in [4.69, 9.17) is 0 Å². The van der Waals surface area contributed by atoms with E-state index in [1.165, 1.54) is 12.1 Å². The van der Waals surface area contributed by atoms with E-state index in [0.29, 0.717) is 22.4 Å². The zero-order valence-corrected chi connectivity index (χ0v) is 11.4. The van der Waals surface area contributed by atoms with Crippen LogP contribution in [0.3, 0.4) is 0 Å². The molecule has 0 saturated heterocycles. The maximum absolute atomic E-state index is 13.2. The quantitative estimate of drug-likeness (QED) is 0.718. The fourth-order valence-corrected chi connectivity index (χ4v) is 2.17. The number of hydrogen-bond donors (Lipinski definition) is 1. The summed E-state index contributed by atoms with van der Waals surface area (Å²) in [7, 11) is 0. The fourth-order valence-electron chi connectivity index (χ4n) is 2.17. The number of imidazole rings is 1. The molecule has 1 N–H and O–H groups in total. The summed E-state index contributed by atoms with van der Waals surface area (Å²) in [5.74, 6) is 0.112. The number of aryl methyl sites for hydroxylation is 1. The van der Waals surface area contributed by atoms with Crippen LogP contribution >= 0.6 is 0 Å². The zero-order chi connectivity index (χ0) is 14.8. The van der Waals surface area contributed by atoms with E-state index in [2.05, 4.69) is 16.0 Å². The standard InChI is InChI=1S/C17H12FN3/c1-11-4-2-3-5-12(11)8-13(10-19)17-20-15-7-6-14(18)9-16(15)21-17/h2-9H,1H3,(H,20,21)/b13-8-. The molecule has 0 atom stereocenters. The molecule has 3 aromatic rings. The number of nitriles is 1. The summed E-state index contributed by atoms with van der Waals surface area (Å²) in [6.07, 6.45) is 1.78. The van der Waals surface area contributed by atoms with E-state index >= 15 is 0 Å². The van der Waals surface area contributed by atoms with Crippen LogP contribution < -0.4 is 0 Å². The molecule has 4 heteroatoms. The number of nitrogens with zero attached hydrogens (tertiary/aromatic N) is 2. The van der Waals surface area contributed by atoms with Crippen molar-refractivity contribution in [3.05, 3.63) is 65.2 Å². The van der Waals surface area contributed by atoms with Gasteiger partial charge in [0.2, 0.25) is 0 Å². The number of aromatic amines is 1. The molecule has 1 aromatic heterocycles. The second-order valence-electron chi connectivity index (χ2n) is 4.77. The first-order chi connectivity index (χ1) is 10.2. The molecule has 0 saturated carbocycles. The number of nitrogens with one attached hydrogen (secondary N) is 1. The molecule has 0 radical (unpaired) electrons. The van der Waals surface area contributed by atoms with E-state index in [-0.39, 0.29) is 5.82 Å². The molecular weight excluding hydrogens is 265 g/mol. The minimum Gasteiger partial charge on any atom is -0.337 e. The number of fused-ring (bicyclic) bond motifs is 1. The van der Waals surface area contributed by atoms with Crippen molar-refractivity contribution in [2.75, 3.05) is 0 Å². The first kappa shape index (κ1) is 13.1. The lowest BCUT2D eigenvalue weighted by Crippen LogP contribution is -1.86. The topological polar surface area (TPSA) is 52.5 Å². The molecule has 1 heterocycles. The van der Waals surface area contributed by atoms with E-state index in [1.807, 2.05) is 31.2 Å². The Morgan fingerprint density at radius 1 is 1.29 bits per heavy atom. The van der Waals surface area contributed by atoms with Gasteiger partial charge in [0.15, 0.2) is 0 Å². The molecule has 0 aliphatic rings. The number of aromatic nitrogens is 2. The fraction of sp³-hybridized carbons (Fsp3) is 0.0588. The smallest absolute Gasteiger partial charge is 0.149 e. The summed E-state index contributed by atoms with van der Waals surface area (Å²) >= 11 is 0. The maximum Gasteiger partial charge on any atom is 0.149 e. The first-order valence-corrected chi connectivity index (χ1v) is 6.50. The van der Waals surface area contributed by atoms with Crippen molar-refractivity contribution in [2.24, 2.45) is 0 Å². The van der Waals surface area contributed by atoms with Gasteiger partial charge in [-0.25, -0.2) is 9.37 Å². The van der Waals surface area contributed by atoms with Gasteiger partial charge < -0.3 is 4.98 Å². The van der Waals surface area contributed by atoms with Crippen LogP contribution in [0, 0.1) is 24.1 Å². The number of allylic oxidation sites excluding steroid dienone is 1. The molecule has 0 unspecified atom stereocenters. The number of rotatable bonds is 2. The average molecular weight is 277 g/mol. The zero-order valence-electron chi connectivity index (χ0n) is 11.4. The molecule has 3 nitrogen and oxygen atoms in total. The minimum absolute atomic E-state index is 0.334. The molecule has 0 aliphatic carbocycles. The highest BCUT2D eigenvalue weighted by atomic mass is 19.1. The lowest BCUT2D eigenvalue weighted by Gasteiger charge is -1.99. The number of halogens is 1. The molecule has 0 aliphatic heterocycles. The van der Waals surface area contributed by atoms with Crippen LogP contribution in [0.1, 0.15) is 17.0 Å². The molecule has 0 amide bonds. The van der Waals surface area contributed by atoms with E-state index in [1.54, 1.807) is 12.1 Å². The summed E-state index contributed by atoms with van der Waals surface area (Å²) in [4.78, 5) is 7.32. The van der Waals surface area contributed by atoms with Crippen LogP contribution in [0.4, 0.5) is 4.39 Å². The largest absolute Gasteiger partial charge is 0.337 e. The monoisotopic (exact) mass is 277 g/mol. The summed E-state index contributed by atoms with van der Waals surface area (Å²) < 4.78 is 13.2. The highest BCUT2D eigenvalue weighted by Gasteiger charge is 2.09. The predicted octanol–water partition coefficient (Wildman–Crippen LogP) is 4.07. The van der Waals surface area contributed by atoms with Crippen molar-refractivity contribution < 1.29 is 4.39 Å². The normalized spacial score (nSPS) is 11.6. The summed E-state index contributed by atoms with van der Waals surface area (Å²) in [5.41, 5.74) is 3.67. The summed E-state index contributed by atoms with van der Waals surface area (Å²) in [6.45, 7) is 1.98. The van der Waals surface area contributed by atoms with Crippen molar-refractivity contribution in [3.8, 4) is 6.07 Å². The summed E-state index contributed by atoms with van der Waals surface area (Å²) in [6, 6.07) is 14.2. The Kier molecular flexibility index (Phi) is 3.25. The number of benzene rings is 2.